The summed E-state index contributed by atoms with van der Waals surface area (Å²) in [6.45, 7) is 32.6. The monoisotopic (exact) mass is 825 g/mol. The number of halogens is 2. The van der Waals surface area contributed by atoms with Gasteiger partial charge in [0.25, 0.3) is 0 Å². The summed E-state index contributed by atoms with van der Waals surface area (Å²) < 4.78 is 0.154. The van der Waals surface area contributed by atoms with Crippen molar-refractivity contribution in [1.29, 1.82) is 0 Å². The van der Waals surface area contributed by atoms with E-state index < -0.39 is 21.5 Å². The number of hydrogen-bond acceptors (Lipinski definition) is 0. The van der Waals surface area contributed by atoms with Crippen molar-refractivity contribution < 1.29 is 15.6 Å². The zero-order chi connectivity index (χ0) is 38.3. The van der Waals surface area contributed by atoms with Crippen LogP contribution in [-0.4, -0.2) is 5.92 Å². The Morgan fingerprint density at radius 1 is 0.558 bits per heavy atom. The van der Waals surface area contributed by atoms with Gasteiger partial charge in [-0.05, 0) is 0 Å². The Morgan fingerprint density at radius 3 is 1.15 bits per heavy atom. The van der Waals surface area contributed by atoms with Gasteiger partial charge >= 0.3 is 327 Å². The number of benzene rings is 4. The van der Waals surface area contributed by atoms with Crippen molar-refractivity contribution in [2.24, 2.45) is 0 Å². The summed E-state index contributed by atoms with van der Waals surface area (Å²) in [4.78, 5) is 0. The van der Waals surface area contributed by atoms with Crippen LogP contribution in [-0.2, 0) is 26.4 Å². The first-order valence-corrected chi connectivity index (χ1v) is 35.9. The van der Waals surface area contributed by atoms with E-state index in [1.807, 2.05) is 0 Å². The third kappa shape index (κ3) is 6.48. The SMILES string of the molecule is CCC1=Cc2c(ccc(C(C)(C)C)c2-c2cc(C)cc(C)c2)[CH]1[Zr]([Cl])([Cl])([CH]1C(CC)=Cc2c1ccc(C(C)(C)C)c2-c1cc(C)cc(C)c1)[SiH](C)C. The van der Waals surface area contributed by atoms with Gasteiger partial charge in [-0.25, -0.2) is 0 Å². The van der Waals surface area contributed by atoms with Gasteiger partial charge in [0.1, 0.15) is 0 Å². The molecule has 4 aromatic carbocycles. The molecular formula is C48H61Cl2SiZr. The van der Waals surface area contributed by atoms with Gasteiger partial charge in [0.2, 0.25) is 0 Å². The molecule has 0 heterocycles. The Kier molecular flexibility index (Phi) is 10.4. The molecular weight excluding hydrogens is 767 g/mol. The maximum absolute atomic E-state index is 8.86. The van der Waals surface area contributed by atoms with Crippen LogP contribution in [0.1, 0.15) is 131 Å². The molecule has 0 aromatic heterocycles. The molecule has 6 rings (SSSR count). The average Bonchev–Trinajstić information content (AvgIpc) is 3.61. The number of allylic oxidation sites excluding steroid dienone is 2. The molecule has 2 aliphatic carbocycles. The maximum atomic E-state index is 8.86. The molecule has 0 amide bonds. The molecule has 4 aromatic rings. The molecule has 2 aliphatic rings. The zero-order valence-electron chi connectivity index (χ0n) is 34.3. The first-order valence-electron chi connectivity index (χ1n) is 19.6. The molecule has 0 spiro atoms. The van der Waals surface area contributed by atoms with Gasteiger partial charge in [0, 0.05) is 0 Å². The Bertz CT molecular complexity index is 1960. The van der Waals surface area contributed by atoms with Gasteiger partial charge in [-0.1, -0.05) is 0 Å². The van der Waals surface area contributed by atoms with E-state index in [1.165, 1.54) is 89.0 Å². The van der Waals surface area contributed by atoms with Crippen LogP contribution in [0.25, 0.3) is 34.4 Å². The zero-order valence-corrected chi connectivity index (χ0v) is 39.5. The van der Waals surface area contributed by atoms with E-state index in [9.17, 15) is 0 Å². The normalized spacial score (nSPS) is 18.2. The second kappa shape index (κ2) is 13.7. The third-order valence-corrected chi connectivity index (χ3v) is 64.1. The molecule has 275 valence electrons. The van der Waals surface area contributed by atoms with E-state index in [4.69, 9.17) is 17.0 Å². The summed E-state index contributed by atoms with van der Waals surface area (Å²) >= 11 is -4.94. The van der Waals surface area contributed by atoms with Gasteiger partial charge in [-0.3, -0.25) is 0 Å². The van der Waals surface area contributed by atoms with Crippen LogP contribution in [0.3, 0.4) is 0 Å². The van der Waals surface area contributed by atoms with Crippen LogP contribution in [0.15, 0.2) is 71.8 Å². The summed E-state index contributed by atoms with van der Waals surface area (Å²) in [6.07, 6.45) is 6.96. The van der Waals surface area contributed by atoms with E-state index in [0.29, 0.717) is 0 Å². The first kappa shape index (κ1) is 39.7. The van der Waals surface area contributed by atoms with Crippen LogP contribution >= 0.6 is 17.0 Å². The summed E-state index contributed by atoms with van der Waals surface area (Å²) in [5.41, 5.74) is 21.6. The predicted octanol–water partition coefficient (Wildman–Crippen LogP) is 15.2. The van der Waals surface area contributed by atoms with Gasteiger partial charge in [-0.2, -0.15) is 0 Å². The third-order valence-electron chi connectivity index (χ3n) is 12.2. The first-order chi connectivity index (χ1) is 24.1. The fraction of sp³-hybridized carbons (Fsp3) is 0.417. The molecule has 0 nitrogen and oxygen atoms in total. The van der Waals surface area contributed by atoms with Crippen molar-refractivity contribution in [2.75, 3.05) is 0 Å². The minimum absolute atomic E-state index is 0.0229. The van der Waals surface area contributed by atoms with E-state index in [1.54, 1.807) is 0 Å². The molecule has 0 fully saturated rings. The standard InChI is InChI=1S/2C23H27.C2H7Si.2ClH.Zr/c2*1-7-17-13-18-8-9-21(23(4,5)6)22(20(18)14-17)19-11-15(2)10-16(3)12-19;1-3-2;;;/h2*8-14H,7H2,1-6H3;3H,1-2H3;2*1H;/q;;;;;+2/p-2. The summed E-state index contributed by atoms with van der Waals surface area (Å²) in [5.74, 6) is -1.69. The Morgan fingerprint density at radius 2 is 0.885 bits per heavy atom. The number of hydrogen-bond donors (Lipinski definition) is 0. The van der Waals surface area contributed by atoms with E-state index >= 15 is 0 Å². The summed E-state index contributed by atoms with van der Waals surface area (Å²) in [5, 5.41) is 0. The molecule has 0 saturated carbocycles. The molecule has 4 heteroatoms. The van der Waals surface area contributed by atoms with Crippen molar-refractivity contribution >= 4 is 35.1 Å². The summed E-state index contributed by atoms with van der Waals surface area (Å²) in [6, 6.07) is 23.8. The van der Waals surface area contributed by atoms with Crippen LogP contribution in [0, 0.1) is 27.7 Å². The van der Waals surface area contributed by atoms with Gasteiger partial charge in [0.15, 0.2) is 0 Å². The molecule has 0 aliphatic heterocycles. The van der Waals surface area contributed by atoms with Crippen molar-refractivity contribution in [3.63, 3.8) is 0 Å². The van der Waals surface area contributed by atoms with Crippen molar-refractivity contribution in [3.05, 3.63) is 127 Å². The second-order valence-corrected chi connectivity index (χ2v) is 61.1. The van der Waals surface area contributed by atoms with Crippen molar-refractivity contribution in [1.82, 2.24) is 0 Å². The minimum atomic E-state index is -4.94. The molecule has 52 heavy (non-hydrogen) atoms. The topological polar surface area (TPSA) is 0 Å². The Hall–Kier alpha value is -1.96. The molecule has 0 saturated heterocycles. The molecule has 2 unspecified atom stereocenters. The van der Waals surface area contributed by atoms with Crippen molar-refractivity contribution in [2.45, 2.75) is 127 Å². The number of fused-ring (bicyclic) bond motifs is 2. The Labute approximate surface area is 324 Å². The Balaban J connectivity index is 1.68. The van der Waals surface area contributed by atoms with E-state index in [2.05, 4.69) is 169 Å². The molecule has 0 radical (unpaired) electrons. The number of rotatable bonds is 7. The van der Waals surface area contributed by atoms with Crippen LogP contribution in [0.5, 0.6) is 0 Å². The fourth-order valence-corrected chi connectivity index (χ4v) is 41.7. The second-order valence-electron chi connectivity index (χ2n) is 18.6. The van der Waals surface area contributed by atoms with Gasteiger partial charge in [-0.15, -0.1) is 0 Å². The molecule has 2 atom stereocenters. The van der Waals surface area contributed by atoms with Gasteiger partial charge < -0.3 is 0 Å². The van der Waals surface area contributed by atoms with Crippen LogP contribution in [0.2, 0.25) is 13.1 Å². The molecule has 0 bridgehead atoms. The van der Waals surface area contributed by atoms with Crippen LogP contribution < -0.4 is 0 Å². The van der Waals surface area contributed by atoms with E-state index in [0.717, 1.165) is 12.8 Å². The fourth-order valence-electron chi connectivity index (χ4n) is 9.88. The van der Waals surface area contributed by atoms with Crippen LogP contribution in [0.4, 0.5) is 0 Å². The summed E-state index contributed by atoms with van der Waals surface area (Å²) in [7, 11) is 17.7. The average molecular weight is 828 g/mol. The van der Waals surface area contributed by atoms with E-state index in [-0.39, 0.29) is 18.1 Å². The van der Waals surface area contributed by atoms with Crippen molar-refractivity contribution in [3.8, 4) is 22.3 Å². The predicted molar refractivity (Wildman–Crippen MR) is 233 cm³/mol. The molecule has 0 N–H and O–H groups in total. The van der Waals surface area contributed by atoms with Gasteiger partial charge in [0.05, 0.1) is 0 Å². The quantitative estimate of drug-likeness (QED) is 0.163. The number of aryl methyl sites for hydroxylation is 4.